The molecule has 0 bridgehead atoms. The van der Waals surface area contributed by atoms with Crippen LogP contribution in [0.15, 0.2) is 0 Å². The molecule has 2 rings (SSSR count). The highest BCUT2D eigenvalue weighted by atomic mass is 32.2. The molecule has 0 N–H and O–H groups in total. The maximum atomic E-state index is 8.62. The summed E-state index contributed by atoms with van der Waals surface area (Å²) in [5, 5.41) is 9.06. The van der Waals surface area contributed by atoms with E-state index in [4.69, 9.17) is 14.7 Å². The highest BCUT2D eigenvalue weighted by Crippen LogP contribution is 2.39. The minimum atomic E-state index is -0.452. The third kappa shape index (κ3) is 2.47. The summed E-state index contributed by atoms with van der Waals surface area (Å²) in [7, 11) is 0. The van der Waals surface area contributed by atoms with Gasteiger partial charge in [-0.1, -0.05) is 6.42 Å². The second-order valence-corrected chi connectivity index (χ2v) is 5.59. The first-order chi connectivity index (χ1) is 7.24. The summed E-state index contributed by atoms with van der Waals surface area (Å²) >= 11 is 1.95. The lowest BCUT2D eigenvalue weighted by molar-refractivity contribution is -0.154. The Balaban J connectivity index is 1.93. The number of ether oxygens (including phenoxy) is 2. The summed E-state index contributed by atoms with van der Waals surface area (Å²) in [5.41, 5.74) is 0. The van der Waals surface area contributed by atoms with E-state index in [2.05, 4.69) is 6.07 Å². The van der Waals surface area contributed by atoms with Crippen molar-refractivity contribution in [2.45, 2.75) is 49.7 Å². The van der Waals surface area contributed by atoms with Crippen LogP contribution in [0.25, 0.3) is 0 Å². The molecule has 2 aliphatic heterocycles. The number of hydrogen-bond donors (Lipinski definition) is 0. The van der Waals surface area contributed by atoms with E-state index in [-0.39, 0.29) is 6.10 Å². The fourth-order valence-corrected chi connectivity index (χ4v) is 3.60. The highest BCUT2D eigenvalue weighted by molar-refractivity contribution is 8.00. The Labute approximate surface area is 95.1 Å². The quantitative estimate of drug-likeness (QED) is 0.726. The van der Waals surface area contributed by atoms with Crippen LogP contribution in [0.3, 0.4) is 0 Å². The normalized spacial score (nSPS) is 41.3. The molecule has 0 aromatic heterocycles. The van der Waals surface area contributed by atoms with Crippen LogP contribution in [0, 0.1) is 11.3 Å². The fraction of sp³-hybridized carbons (Fsp3) is 0.909. The fourth-order valence-electron chi connectivity index (χ4n) is 2.18. The molecule has 2 heterocycles. The summed E-state index contributed by atoms with van der Waals surface area (Å²) < 4.78 is 11.6. The van der Waals surface area contributed by atoms with Crippen molar-refractivity contribution in [3.05, 3.63) is 0 Å². The summed E-state index contributed by atoms with van der Waals surface area (Å²) in [6.45, 7) is 2.59. The number of thioether (sulfide) groups is 1. The molecular weight excluding hydrogens is 210 g/mol. The van der Waals surface area contributed by atoms with Crippen molar-refractivity contribution in [1.29, 1.82) is 5.26 Å². The van der Waals surface area contributed by atoms with Gasteiger partial charge in [-0.15, -0.1) is 0 Å². The van der Waals surface area contributed by atoms with Crippen LogP contribution in [-0.4, -0.2) is 29.5 Å². The Morgan fingerprint density at radius 2 is 2.40 bits per heavy atom. The average Bonchev–Trinajstić information content (AvgIpc) is 2.64. The van der Waals surface area contributed by atoms with Gasteiger partial charge in [-0.25, -0.2) is 0 Å². The molecule has 0 radical (unpaired) electrons. The van der Waals surface area contributed by atoms with E-state index in [1.54, 1.807) is 0 Å². The Kier molecular flexibility index (Phi) is 3.55. The first-order valence-corrected chi connectivity index (χ1v) is 6.60. The maximum Gasteiger partial charge on any atom is 0.177 e. The van der Waals surface area contributed by atoms with E-state index in [1.165, 1.54) is 25.0 Å². The average molecular weight is 227 g/mol. The van der Waals surface area contributed by atoms with Crippen molar-refractivity contribution in [1.82, 2.24) is 0 Å². The molecule has 84 valence electrons. The molecule has 2 aliphatic rings. The van der Waals surface area contributed by atoms with E-state index in [9.17, 15) is 0 Å². The zero-order valence-electron chi connectivity index (χ0n) is 9.07. The minimum Gasteiger partial charge on any atom is -0.346 e. The van der Waals surface area contributed by atoms with E-state index in [0.29, 0.717) is 18.3 Å². The molecule has 3 nitrogen and oxygen atoms in total. The lowest BCUT2D eigenvalue weighted by Gasteiger charge is -2.34. The molecule has 2 fully saturated rings. The Morgan fingerprint density at radius 1 is 1.53 bits per heavy atom. The smallest absolute Gasteiger partial charge is 0.177 e. The summed E-state index contributed by atoms with van der Waals surface area (Å²) in [4.78, 5) is 0. The molecule has 0 aromatic carbocycles. The van der Waals surface area contributed by atoms with Gasteiger partial charge in [-0.05, 0) is 25.5 Å². The second-order valence-electron chi connectivity index (χ2n) is 4.28. The first-order valence-electron chi connectivity index (χ1n) is 5.55. The molecule has 0 amide bonds. The number of hydrogen-bond acceptors (Lipinski definition) is 4. The zero-order chi connectivity index (χ0) is 10.7. The highest BCUT2D eigenvalue weighted by Gasteiger charge is 2.44. The summed E-state index contributed by atoms with van der Waals surface area (Å²) in [6.07, 6.45) is 4.15. The molecule has 3 atom stereocenters. The number of nitrogens with zero attached hydrogens (tertiary/aromatic N) is 1. The molecule has 4 heteroatoms. The van der Waals surface area contributed by atoms with Crippen molar-refractivity contribution >= 4 is 11.8 Å². The van der Waals surface area contributed by atoms with E-state index < -0.39 is 5.79 Å². The lowest BCUT2D eigenvalue weighted by atomic mass is 10.1. The Hall–Kier alpha value is -0.240. The molecule has 0 aromatic rings. The Bertz CT molecular complexity index is 260. The number of rotatable bonds is 2. The van der Waals surface area contributed by atoms with Crippen LogP contribution in [0.1, 0.15) is 32.6 Å². The number of nitriles is 1. The maximum absolute atomic E-state index is 8.62. The van der Waals surface area contributed by atoms with Gasteiger partial charge >= 0.3 is 0 Å². The minimum absolute atomic E-state index is 0.0254. The summed E-state index contributed by atoms with van der Waals surface area (Å²) in [5.74, 6) is 0.752. The zero-order valence-corrected chi connectivity index (χ0v) is 9.89. The predicted molar refractivity (Wildman–Crippen MR) is 59.6 cm³/mol. The van der Waals surface area contributed by atoms with Crippen LogP contribution < -0.4 is 0 Å². The van der Waals surface area contributed by atoms with Crippen LogP contribution in [-0.2, 0) is 9.47 Å². The van der Waals surface area contributed by atoms with Gasteiger partial charge in [-0.2, -0.15) is 17.0 Å². The molecule has 15 heavy (non-hydrogen) atoms. The molecule has 0 aliphatic carbocycles. The van der Waals surface area contributed by atoms with Crippen LogP contribution in [0.2, 0.25) is 0 Å². The first kappa shape index (κ1) is 11.3. The molecular formula is C11H17NO2S. The van der Waals surface area contributed by atoms with Crippen molar-refractivity contribution < 1.29 is 9.47 Å². The second kappa shape index (κ2) is 4.73. The predicted octanol–water partition coefficient (Wildman–Crippen LogP) is 2.32. The third-order valence-electron chi connectivity index (χ3n) is 3.04. The van der Waals surface area contributed by atoms with Gasteiger partial charge < -0.3 is 9.47 Å². The van der Waals surface area contributed by atoms with E-state index in [0.717, 1.165) is 0 Å². The summed E-state index contributed by atoms with van der Waals surface area (Å²) in [6, 6.07) is 2.14. The third-order valence-corrected chi connectivity index (χ3v) is 4.63. The van der Waals surface area contributed by atoms with Gasteiger partial charge in [0.15, 0.2) is 5.79 Å². The van der Waals surface area contributed by atoms with Gasteiger partial charge in [0.25, 0.3) is 0 Å². The van der Waals surface area contributed by atoms with Crippen molar-refractivity contribution in [2.24, 2.45) is 0 Å². The Morgan fingerprint density at radius 3 is 3.07 bits per heavy atom. The van der Waals surface area contributed by atoms with Crippen LogP contribution in [0.4, 0.5) is 0 Å². The molecule has 0 spiro atoms. The van der Waals surface area contributed by atoms with Gasteiger partial charge in [0, 0.05) is 0 Å². The van der Waals surface area contributed by atoms with Crippen molar-refractivity contribution in [3.63, 3.8) is 0 Å². The van der Waals surface area contributed by atoms with Crippen LogP contribution in [0.5, 0.6) is 0 Å². The van der Waals surface area contributed by atoms with Gasteiger partial charge in [0.2, 0.25) is 0 Å². The molecule has 3 unspecified atom stereocenters. The van der Waals surface area contributed by atoms with Crippen molar-refractivity contribution in [2.75, 3.05) is 12.4 Å². The molecule has 2 saturated heterocycles. The van der Waals surface area contributed by atoms with Gasteiger partial charge in [0.05, 0.1) is 30.5 Å². The lowest BCUT2D eigenvalue weighted by Crippen LogP contribution is -2.40. The monoisotopic (exact) mass is 227 g/mol. The van der Waals surface area contributed by atoms with Gasteiger partial charge in [0.1, 0.15) is 0 Å². The SMILES string of the molecule is CC1(C2CCCCS2)OCC(CC#N)O1. The largest absolute Gasteiger partial charge is 0.346 e. The van der Waals surface area contributed by atoms with E-state index >= 15 is 0 Å². The van der Waals surface area contributed by atoms with Gasteiger partial charge in [-0.3, -0.25) is 0 Å². The van der Waals surface area contributed by atoms with E-state index in [1.807, 2.05) is 18.7 Å². The topological polar surface area (TPSA) is 42.2 Å². The molecule has 0 saturated carbocycles. The van der Waals surface area contributed by atoms with Crippen LogP contribution >= 0.6 is 11.8 Å². The standard InChI is InChI=1S/C11H17NO2S/c1-11(10-4-2-3-7-15-10)13-8-9(14-11)5-6-12/h9-10H,2-5,7-8H2,1H3. The van der Waals surface area contributed by atoms with Crippen molar-refractivity contribution in [3.8, 4) is 6.07 Å².